The third kappa shape index (κ3) is 3.83. The number of carbonyl (C=O) groups excluding carboxylic acids is 1. The number of aryl methyl sites for hydroxylation is 1. The first-order chi connectivity index (χ1) is 15.1. The Labute approximate surface area is 181 Å². The summed E-state index contributed by atoms with van der Waals surface area (Å²) in [4.78, 5) is 30.4. The molecule has 2 aromatic carbocycles. The molecule has 0 unspecified atom stereocenters. The van der Waals surface area contributed by atoms with E-state index in [1.54, 1.807) is 31.4 Å². The fourth-order valence-corrected chi connectivity index (χ4v) is 4.13. The van der Waals surface area contributed by atoms with Crippen LogP contribution >= 0.6 is 0 Å². The second-order valence-corrected chi connectivity index (χ2v) is 7.49. The maximum atomic E-state index is 13.3. The van der Waals surface area contributed by atoms with E-state index in [0.29, 0.717) is 43.9 Å². The molecule has 1 aliphatic heterocycles. The van der Waals surface area contributed by atoms with Crippen molar-refractivity contribution in [3.8, 4) is 11.5 Å². The standard InChI is InChI=1S/C24H27N3O4/c1-4-25-16-19(23(28)18-15-17(30-2)9-10-20(18)25)24(29)27-13-11-26(12-14-27)21-7-5-6-8-22(21)31-3/h5-10,15-16H,4,11-14H2,1-3H3. The Balaban J connectivity index is 1.60. The highest BCUT2D eigenvalue weighted by Crippen LogP contribution is 2.28. The number of pyridine rings is 1. The molecular weight excluding hydrogens is 394 g/mol. The van der Waals surface area contributed by atoms with Gasteiger partial charge in [0.25, 0.3) is 5.91 Å². The zero-order valence-electron chi connectivity index (χ0n) is 18.1. The SMILES string of the molecule is CCn1cc(C(=O)N2CCN(c3ccccc3OC)CC2)c(=O)c2cc(OC)ccc21. The van der Waals surface area contributed by atoms with Gasteiger partial charge in [0, 0.05) is 38.9 Å². The van der Waals surface area contributed by atoms with Crippen molar-refractivity contribution < 1.29 is 14.3 Å². The lowest BCUT2D eigenvalue weighted by molar-refractivity contribution is 0.0745. The summed E-state index contributed by atoms with van der Waals surface area (Å²) in [5, 5.41) is 0.500. The molecule has 0 N–H and O–H groups in total. The van der Waals surface area contributed by atoms with Crippen molar-refractivity contribution in [3.05, 3.63) is 64.4 Å². The molecule has 0 spiro atoms. The van der Waals surface area contributed by atoms with Crippen LogP contribution in [0.4, 0.5) is 5.69 Å². The Hall–Kier alpha value is -3.48. The summed E-state index contributed by atoms with van der Waals surface area (Å²) in [6.07, 6.45) is 1.69. The number of fused-ring (bicyclic) bond motifs is 1. The van der Waals surface area contributed by atoms with E-state index < -0.39 is 0 Å². The number of para-hydroxylation sites is 2. The molecule has 3 aromatic rings. The van der Waals surface area contributed by atoms with Gasteiger partial charge in [-0.2, -0.15) is 0 Å². The smallest absolute Gasteiger partial charge is 0.259 e. The van der Waals surface area contributed by atoms with Crippen molar-refractivity contribution in [1.29, 1.82) is 0 Å². The molecule has 1 amide bonds. The molecule has 1 saturated heterocycles. The molecule has 0 radical (unpaired) electrons. The lowest BCUT2D eigenvalue weighted by Crippen LogP contribution is -2.49. The minimum atomic E-state index is -0.254. The van der Waals surface area contributed by atoms with Crippen LogP contribution in [0.15, 0.2) is 53.5 Å². The van der Waals surface area contributed by atoms with Gasteiger partial charge in [0.1, 0.15) is 17.1 Å². The average Bonchev–Trinajstić information content (AvgIpc) is 2.83. The van der Waals surface area contributed by atoms with Crippen LogP contribution < -0.4 is 19.8 Å². The summed E-state index contributed by atoms with van der Waals surface area (Å²) in [7, 11) is 3.22. The third-order valence-electron chi connectivity index (χ3n) is 5.85. The molecule has 1 fully saturated rings. The number of benzene rings is 2. The number of rotatable bonds is 5. The highest BCUT2D eigenvalue weighted by Gasteiger charge is 2.26. The highest BCUT2D eigenvalue weighted by molar-refractivity contribution is 5.97. The van der Waals surface area contributed by atoms with Gasteiger partial charge in [-0.15, -0.1) is 0 Å². The molecule has 2 heterocycles. The Morgan fingerprint density at radius 2 is 1.74 bits per heavy atom. The van der Waals surface area contributed by atoms with E-state index in [-0.39, 0.29) is 16.9 Å². The first kappa shape index (κ1) is 20.8. The van der Waals surface area contributed by atoms with Crippen molar-refractivity contribution in [2.75, 3.05) is 45.3 Å². The van der Waals surface area contributed by atoms with E-state index in [1.165, 1.54) is 0 Å². The van der Waals surface area contributed by atoms with Crippen molar-refractivity contribution in [2.45, 2.75) is 13.5 Å². The molecule has 7 nitrogen and oxygen atoms in total. The average molecular weight is 421 g/mol. The molecule has 4 rings (SSSR count). The van der Waals surface area contributed by atoms with Crippen LogP contribution in [0.2, 0.25) is 0 Å². The first-order valence-corrected chi connectivity index (χ1v) is 10.5. The maximum Gasteiger partial charge on any atom is 0.259 e. The van der Waals surface area contributed by atoms with Crippen LogP contribution in [-0.4, -0.2) is 55.8 Å². The van der Waals surface area contributed by atoms with E-state index in [2.05, 4.69) is 4.90 Å². The topological polar surface area (TPSA) is 64.0 Å². The zero-order valence-corrected chi connectivity index (χ0v) is 18.1. The highest BCUT2D eigenvalue weighted by atomic mass is 16.5. The van der Waals surface area contributed by atoms with Gasteiger partial charge in [-0.05, 0) is 37.3 Å². The monoisotopic (exact) mass is 421 g/mol. The molecule has 162 valence electrons. The molecule has 0 bridgehead atoms. The van der Waals surface area contributed by atoms with Gasteiger partial charge in [0.2, 0.25) is 5.43 Å². The number of hydrogen-bond donors (Lipinski definition) is 0. The normalized spacial score (nSPS) is 14.0. The molecule has 1 aliphatic rings. The van der Waals surface area contributed by atoms with E-state index in [4.69, 9.17) is 9.47 Å². The lowest BCUT2D eigenvalue weighted by atomic mass is 10.1. The van der Waals surface area contributed by atoms with Gasteiger partial charge in [-0.1, -0.05) is 12.1 Å². The summed E-state index contributed by atoms with van der Waals surface area (Å²) in [5.74, 6) is 1.19. The van der Waals surface area contributed by atoms with Crippen molar-refractivity contribution >= 4 is 22.5 Å². The molecule has 0 saturated carbocycles. The van der Waals surface area contributed by atoms with Crippen molar-refractivity contribution in [1.82, 2.24) is 9.47 Å². The van der Waals surface area contributed by atoms with E-state index in [9.17, 15) is 9.59 Å². The quantitative estimate of drug-likeness (QED) is 0.634. The van der Waals surface area contributed by atoms with E-state index in [0.717, 1.165) is 17.0 Å². The second kappa shape index (κ2) is 8.71. The van der Waals surface area contributed by atoms with Crippen LogP contribution in [0, 0.1) is 0 Å². The number of aromatic nitrogens is 1. The summed E-state index contributed by atoms with van der Waals surface area (Å²) in [6.45, 7) is 5.08. The van der Waals surface area contributed by atoms with Crippen LogP contribution in [0.25, 0.3) is 10.9 Å². The number of anilines is 1. The maximum absolute atomic E-state index is 13.3. The van der Waals surface area contributed by atoms with Crippen molar-refractivity contribution in [3.63, 3.8) is 0 Å². The molecule has 0 aliphatic carbocycles. The van der Waals surface area contributed by atoms with Gasteiger partial charge in [-0.25, -0.2) is 0 Å². The lowest BCUT2D eigenvalue weighted by Gasteiger charge is -2.36. The Kier molecular flexibility index (Phi) is 5.84. The molecular formula is C24H27N3O4. The molecule has 1 aromatic heterocycles. The number of hydrogen-bond acceptors (Lipinski definition) is 5. The van der Waals surface area contributed by atoms with Crippen molar-refractivity contribution in [2.24, 2.45) is 0 Å². The minimum absolute atomic E-state index is 0.202. The van der Waals surface area contributed by atoms with Gasteiger partial charge in [-0.3, -0.25) is 9.59 Å². The number of amides is 1. The fraction of sp³-hybridized carbons (Fsp3) is 0.333. The summed E-state index contributed by atoms with van der Waals surface area (Å²) < 4.78 is 12.7. The number of nitrogens with zero attached hydrogens (tertiary/aromatic N) is 3. The summed E-state index contributed by atoms with van der Waals surface area (Å²) in [6, 6.07) is 13.3. The third-order valence-corrected chi connectivity index (χ3v) is 5.85. The van der Waals surface area contributed by atoms with Crippen LogP contribution in [0.3, 0.4) is 0 Å². The largest absolute Gasteiger partial charge is 0.497 e. The van der Waals surface area contributed by atoms with E-state index in [1.807, 2.05) is 47.9 Å². The summed E-state index contributed by atoms with van der Waals surface area (Å²) in [5.41, 5.74) is 1.76. The summed E-state index contributed by atoms with van der Waals surface area (Å²) >= 11 is 0. The Morgan fingerprint density at radius 3 is 2.42 bits per heavy atom. The van der Waals surface area contributed by atoms with Crippen LogP contribution in [-0.2, 0) is 6.54 Å². The van der Waals surface area contributed by atoms with Gasteiger partial charge >= 0.3 is 0 Å². The number of piperazine rings is 1. The number of carbonyl (C=O) groups is 1. The zero-order chi connectivity index (χ0) is 22.0. The minimum Gasteiger partial charge on any atom is -0.497 e. The molecule has 31 heavy (non-hydrogen) atoms. The number of ether oxygens (including phenoxy) is 2. The molecule has 7 heteroatoms. The Morgan fingerprint density at radius 1 is 1.00 bits per heavy atom. The fourth-order valence-electron chi connectivity index (χ4n) is 4.13. The number of methoxy groups -OCH3 is 2. The second-order valence-electron chi connectivity index (χ2n) is 7.49. The van der Waals surface area contributed by atoms with Gasteiger partial charge in [0.05, 0.1) is 30.8 Å². The van der Waals surface area contributed by atoms with Crippen LogP contribution in [0.5, 0.6) is 11.5 Å². The van der Waals surface area contributed by atoms with Gasteiger partial charge in [0.15, 0.2) is 0 Å². The predicted octanol–water partition coefficient (Wildman–Crippen LogP) is 3.00. The van der Waals surface area contributed by atoms with E-state index >= 15 is 0 Å². The Bertz CT molecular complexity index is 1160. The first-order valence-electron chi connectivity index (χ1n) is 10.5. The van der Waals surface area contributed by atoms with Gasteiger partial charge < -0.3 is 23.8 Å². The predicted molar refractivity (Wildman–Crippen MR) is 122 cm³/mol. The van der Waals surface area contributed by atoms with Crippen LogP contribution in [0.1, 0.15) is 17.3 Å². The molecule has 0 atom stereocenters.